The van der Waals surface area contributed by atoms with Gasteiger partial charge in [-0.15, -0.1) is 0 Å². The molecule has 0 saturated heterocycles. The molecular weight excluding hydrogens is 182 g/mol. The predicted molar refractivity (Wildman–Crippen MR) is 64.2 cm³/mol. The minimum atomic E-state index is 0.408. The van der Waals surface area contributed by atoms with E-state index in [2.05, 4.69) is 39.0 Å². The van der Waals surface area contributed by atoms with Gasteiger partial charge in [0.1, 0.15) is 0 Å². The Morgan fingerprint density at radius 1 is 1.33 bits per heavy atom. The van der Waals surface area contributed by atoms with Gasteiger partial charge in [-0.1, -0.05) is 51.1 Å². The van der Waals surface area contributed by atoms with Gasteiger partial charge in [-0.2, -0.15) is 5.26 Å². The fourth-order valence-electron chi connectivity index (χ4n) is 1.45. The first-order chi connectivity index (χ1) is 7.17. The van der Waals surface area contributed by atoms with Crippen molar-refractivity contribution in [3.8, 4) is 6.07 Å². The molecule has 0 aromatic heterocycles. The molecule has 0 fully saturated rings. The zero-order valence-corrected chi connectivity index (χ0v) is 9.62. The molecule has 15 heavy (non-hydrogen) atoms. The molecule has 0 aliphatic carbocycles. The molecular formula is C14H17N. The lowest BCUT2D eigenvalue weighted by molar-refractivity contribution is 0.834. The second-order valence-electron chi connectivity index (χ2n) is 3.99. The molecule has 0 amide bonds. The Hall–Kier alpha value is -1.55. The first-order valence-electron chi connectivity index (χ1n) is 5.38. The normalized spacial score (nSPS) is 11.5. The molecule has 1 aromatic carbocycles. The van der Waals surface area contributed by atoms with Crippen LogP contribution in [0.15, 0.2) is 30.3 Å². The molecule has 0 N–H and O–H groups in total. The van der Waals surface area contributed by atoms with Crippen LogP contribution in [0.4, 0.5) is 0 Å². The quantitative estimate of drug-likeness (QED) is 0.679. The van der Waals surface area contributed by atoms with Crippen LogP contribution >= 0.6 is 0 Å². The molecule has 1 aromatic rings. The zero-order valence-electron chi connectivity index (χ0n) is 9.62. The first-order valence-corrected chi connectivity index (χ1v) is 5.38. The highest BCUT2D eigenvalue weighted by Gasteiger charge is 2.01. The molecule has 1 heteroatoms. The van der Waals surface area contributed by atoms with Gasteiger partial charge in [0.05, 0.1) is 11.6 Å². The second-order valence-corrected chi connectivity index (χ2v) is 3.99. The molecule has 0 spiro atoms. The highest BCUT2D eigenvalue weighted by molar-refractivity contribution is 5.76. The van der Waals surface area contributed by atoms with Gasteiger partial charge in [-0.05, 0) is 23.5 Å². The standard InChI is InChI=1S/C14H17N/c1-4-12-5-7-13(8-6-12)14(10-15)9-11(2)3/h5-9,11H,4H2,1-3H3/b14-9+. The minimum Gasteiger partial charge on any atom is -0.192 e. The van der Waals surface area contributed by atoms with Crippen LogP contribution in [-0.4, -0.2) is 0 Å². The van der Waals surface area contributed by atoms with Crippen LogP contribution in [-0.2, 0) is 6.42 Å². The summed E-state index contributed by atoms with van der Waals surface area (Å²) in [6.45, 7) is 6.29. The van der Waals surface area contributed by atoms with Crippen molar-refractivity contribution in [2.45, 2.75) is 27.2 Å². The molecule has 0 atom stereocenters. The van der Waals surface area contributed by atoms with Crippen molar-refractivity contribution in [1.29, 1.82) is 5.26 Å². The van der Waals surface area contributed by atoms with Crippen molar-refractivity contribution >= 4 is 5.57 Å². The smallest absolute Gasteiger partial charge is 0.0994 e. The van der Waals surface area contributed by atoms with Crippen molar-refractivity contribution in [2.75, 3.05) is 0 Å². The molecule has 0 unspecified atom stereocenters. The number of benzene rings is 1. The number of nitrogens with zero attached hydrogens (tertiary/aromatic N) is 1. The van der Waals surface area contributed by atoms with Crippen LogP contribution in [0, 0.1) is 17.2 Å². The second kappa shape index (κ2) is 5.36. The lowest BCUT2D eigenvalue weighted by atomic mass is 10.0. The average Bonchev–Trinajstić information content (AvgIpc) is 2.26. The fraction of sp³-hybridized carbons (Fsp3) is 0.357. The van der Waals surface area contributed by atoms with E-state index in [0.29, 0.717) is 5.92 Å². The number of allylic oxidation sites excluding steroid dienone is 2. The van der Waals surface area contributed by atoms with Gasteiger partial charge in [0.15, 0.2) is 0 Å². The molecule has 0 bridgehead atoms. The van der Waals surface area contributed by atoms with Crippen LogP contribution in [0.2, 0.25) is 0 Å². The summed E-state index contributed by atoms with van der Waals surface area (Å²) in [4.78, 5) is 0. The van der Waals surface area contributed by atoms with Crippen LogP contribution in [0.1, 0.15) is 31.9 Å². The Bertz CT molecular complexity index is 377. The Kier molecular flexibility index (Phi) is 4.12. The van der Waals surface area contributed by atoms with Crippen LogP contribution in [0.5, 0.6) is 0 Å². The number of nitriles is 1. The third-order valence-electron chi connectivity index (χ3n) is 2.29. The maximum Gasteiger partial charge on any atom is 0.0994 e. The lowest BCUT2D eigenvalue weighted by Gasteiger charge is -2.02. The molecule has 0 radical (unpaired) electrons. The largest absolute Gasteiger partial charge is 0.192 e. The van der Waals surface area contributed by atoms with E-state index in [9.17, 15) is 0 Å². The van der Waals surface area contributed by atoms with Crippen molar-refractivity contribution in [3.05, 3.63) is 41.5 Å². The summed E-state index contributed by atoms with van der Waals surface area (Å²) in [5.41, 5.74) is 3.09. The van der Waals surface area contributed by atoms with Gasteiger partial charge in [0.25, 0.3) is 0 Å². The SMILES string of the molecule is CCc1ccc(/C(C#N)=C/C(C)C)cc1. The van der Waals surface area contributed by atoms with E-state index < -0.39 is 0 Å². The minimum absolute atomic E-state index is 0.408. The number of rotatable bonds is 3. The van der Waals surface area contributed by atoms with E-state index >= 15 is 0 Å². The van der Waals surface area contributed by atoms with E-state index in [1.165, 1.54) is 5.56 Å². The summed E-state index contributed by atoms with van der Waals surface area (Å²) >= 11 is 0. The van der Waals surface area contributed by atoms with Crippen molar-refractivity contribution in [2.24, 2.45) is 5.92 Å². The number of hydrogen-bond acceptors (Lipinski definition) is 1. The van der Waals surface area contributed by atoms with Crippen LogP contribution in [0.25, 0.3) is 5.57 Å². The summed E-state index contributed by atoms with van der Waals surface area (Å²) in [6, 6.07) is 10.5. The van der Waals surface area contributed by atoms with Gasteiger partial charge in [0, 0.05) is 0 Å². The van der Waals surface area contributed by atoms with E-state index in [1.54, 1.807) is 0 Å². The Labute approximate surface area is 92.1 Å². The average molecular weight is 199 g/mol. The maximum atomic E-state index is 9.04. The van der Waals surface area contributed by atoms with Crippen molar-refractivity contribution < 1.29 is 0 Å². The van der Waals surface area contributed by atoms with E-state index in [0.717, 1.165) is 17.6 Å². The topological polar surface area (TPSA) is 23.8 Å². The summed E-state index contributed by atoms with van der Waals surface area (Å²) in [5, 5.41) is 9.04. The van der Waals surface area contributed by atoms with Crippen molar-refractivity contribution in [1.82, 2.24) is 0 Å². The monoisotopic (exact) mass is 199 g/mol. The van der Waals surface area contributed by atoms with Crippen LogP contribution in [0.3, 0.4) is 0 Å². The van der Waals surface area contributed by atoms with Gasteiger partial charge in [-0.3, -0.25) is 0 Å². The van der Waals surface area contributed by atoms with Gasteiger partial charge in [-0.25, -0.2) is 0 Å². The summed E-state index contributed by atoms with van der Waals surface area (Å²) in [5.74, 6) is 0.408. The van der Waals surface area contributed by atoms with Crippen molar-refractivity contribution in [3.63, 3.8) is 0 Å². The summed E-state index contributed by atoms with van der Waals surface area (Å²) in [6.07, 6.45) is 3.04. The third kappa shape index (κ3) is 3.25. The molecule has 1 rings (SSSR count). The molecule has 0 saturated carbocycles. The fourth-order valence-corrected chi connectivity index (χ4v) is 1.45. The molecule has 0 aliphatic heterocycles. The highest BCUT2D eigenvalue weighted by Crippen LogP contribution is 2.16. The van der Waals surface area contributed by atoms with Crippen LogP contribution < -0.4 is 0 Å². The van der Waals surface area contributed by atoms with Gasteiger partial charge in [0.2, 0.25) is 0 Å². The molecule has 0 aliphatic rings. The Morgan fingerprint density at radius 2 is 1.93 bits per heavy atom. The van der Waals surface area contributed by atoms with E-state index in [4.69, 9.17) is 5.26 Å². The molecule has 1 nitrogen and oxygen atoms in total. The van der Waals surface area contributed by atoms with E-state index in [1.807, 2.05) is 18.2 Å². The number of aryl methyl sites for hydroxylation is 1. The Morgan fingerprint density at radius 3 is 2.33 bits per heavy atom. The molecule has 78 valence electrons. The first kappa shape index (κ1) is 11.5. The highest BCUT2D eigenvalue weighted by atomic mass is 14.2. The lowest BCUT2D eigenvalue weighted by Crippen LogP contribution is -1.87. The number of hydrogen-bond donors (Lipinski definition) is 0. The predicted octanol–water partition coefficient (Wildman–Crippen LogP) is 3.81. The van der Waals surface area contributed by atoms with Gasteiger partial charge >= 0.3 is 0 Å². The Balaban J connectivity index is 3.00. The summed E-state index contributed by atoms with van der Waals surface area (Å²) < 4.78 is 0. The zero-order chi connectivity index (χ0) is 11.3. The third-order valence-corrected chi connectivity index (χ3v) is 2.29. The van der Waals surface area contributed by atoms with Gasteiger partial charge < -0.3 is 0 Å². The molecule has 0 heterocycles. The van der Waals surface area contributed by atoms with E-state index in [-0.39, 0.29) is 0 Å². The maximum absolute atomic E-state index is 9.04. The summed E-state index contributed by atoms with van der Waals surface area (Å²) in [7, 11) is 0.